The molecule has 1 amide bonds. The molecule has 120 valence electrons. The molecule has 2 aromatic rings. The van der Waals surface area contributed by atoms with E-state index >= 15 is 0 Å². The fourth-order valence-corrected chi connectivity index (χ4v) is 2.56. The number of amides is 1. The van der Waals surface area contributed by atoms with Crippen molar-refractivity contribution in [3.05, 3.63) is 34.8 Å². The molecule has 0 fully saturated rings. The zero-order valence-corrected chi connectivity index (χ0v) is 13.3. The molecule has 1 aromatic carbocycles. The molecule has 5 nitrogen and oxygen atoms in total. The minimum absolute atomic E-state index is 0.0000583. The van der Waals surface area contributed by atoms with E-state index in [0.29, 0.717) is 23.6 Å². The number of aromatic nitrogens is 1. The summed E-state index contributed by atoms with van der Waals surface area (Å²) in [5.74, 6) is -0.139. The molecule has 0 saturated carbocycles. The number of hydrogen-bond acceptors (Lipinski definition) is 3. The van der Waals surface area contributed by atoms with E-state index in [2.05, 4.69) is 19.2 Å². The molecule has 1 aromatic heterocycles. The SMILES string of the molecule is CCCCC(CC)CNC(=O)Cn1c(=O)oc2ccccc21. The lowest BCUT2D eigenvalue weighted by atomic mass is 9.99. The third kappa shape index (κ3) is 4.00. The van der Waals surface area contributed by atoms with Crippen LogP contribution in [0.2, 0.25) is 0 Å². The monoisotopic (exact) mass is 304 g/mol. The van der Waals surface area contributed by atoms with Crippen molar-refractivity contribution in [3.8, 4) is 0 Å². The number of carbonyl (C=O) groups excluding carboxylic acids is 1. The summed E-state index contributed by atoms with van der Waals surface area (Å²) in [6.45, 7) is 4.97. The molecule has 1 heterocycles. The summed E-state index contributed by atoms with van der Waals surface area (Å²) in [5.41, 5.74) is 1.16. The molecule has 1 N–H and O–H groups in total. The van der Waals surface area contributed by atoms with Gasteiger partial charge in [0.1, 0.15) is 6.54 Å². The van der Waals surface area contributed by atoms with E-state index in [1.807, 2.05) is 6.07 Å². The first-order valence-electron chi connectivity index (χ1n) is 8.00. The molecule has 5 heteroatoms. The number of unbranched alkanes of at least 4 members (excludes halogenated alkanes) is 1. The van der Waals surface area contributed by atoms with Crippen LogP contribution >= 0.6 is 0 Å². The van der Waals surface area contributed by atoms with Crippen LogP contribution in [0.5, 0.6) is 0 Å². The van der Waals surface area contributed by atoms with E-state index < -0.39 is 5.76 Å². The van der Waals surface area contributed by atoms with Gasteiger partial charge in [-0.25, -0.2) is 4.79 Å². The zero-order chi connectivity index (χ0) is 15.9. The number of benzene rings is 1. The number of nitrogens with zero attached hydrogens (tertiary/aromatic N) is 1. The van der Waals surface area contributed by atoms with Crippen LogP contribution < -0.4 is 11.1 Å². The van der Waals surface area contributed by atoms with Gasteiger partial charge in [0.2, 0.25) is 5.91 Å². The maximum Gasteiger partial charge on any atom is 0.420 e. The van der Waals surface area contributed by atoms with Crippen LogP contribution in [0.25, 0.3) is 11.1 Å². The molecule has 22 heavy (non-hydrogen) atoms. The van der Waals surface area contributed by atoms with Crippen LogP contribution in [0.3, 0.4) is 0 Å². The van der Waals surface area contributed by atoms with Gasteiger partial charge in [-0.2, -0.15) is 0 Å². The maximum absolute atomic E-state index is 12.1. The molecule has 0 aliphatic heterocycles. The Bertz CT molecular complexity index is 672. The van der Waals surface area contributed by atoms with Crippen molar-refractivity contribution >= 4 is 17.0 Å². The lowest BCUT2D eigenvalue weighted by Gasteiger charge is -2.15. The third-order valence-corrected chi connectivity index (χ3v) is 4.01. The van der Waals surface area contributed by atoms with Gasteiger partial charge in [-0.1, -0.05) is 45.2 Å². The van der Waals surface area contributed by atoms with E-state index in [9.17, 15) is 9.59 Å². The topological polar surface area (TPSA) is 64.2 Å². The minimum atomic E-state index is -0.491. The molecule has 0 bridgehead atoms. The summed E-state index contributed by atoms with van der Waals surface area (Å²) in [5, 5.41) is 2.93. The molecular weight excluding hydrogens is 280 g/mol. The molecular formula is C17H24N2O3. The van der Waals surface area contributed by atoms with Gasteiger partial charge in [0, 0.05) is 6.54 Å². The van der Waals surface area contributed by atoms with Gasteiger partial charge in [-0.05, 0) is 24.5 Å². The van der Waals surface area contributed by atoms with Crippen molar-refractivity contribution in [2.45, 2.75) is 46.1 Å². The Balaban J connectivity index is 1.96. The first-order valence-corrected chi connectivity index (χ1v) is 8.00. The van der Waals surface area contributed by atoms with Crippen LogP contribution in [0.15, 0.2) is 33.5 Å². The summed E-state index contributed by atoms with van der Waals surface area (Å²) >= 11 is 0. The van der Waals surface area contributed by atoms with Crippen LogP contribution in [-0.2, 0) is 11.3 Å². The molecule has 0 radical (unpaired) electrons. The Morgan fingerprint density at radius 3 is 2.82 bits per heavy atom. The van der Waals surface area contributed by atoms with Gasteiger partial charge in [-0.15, -0.1) is 0 Å². The van der Waals surface area contributed by atoms with Crippen molar-refractivity contribution in [2.24, 2.45) is 5.92 Å². The second-order valence-electron chi connectivity index (χ2n) is 5.64. The highest BCUT2D eigenvalue weighted by Gasteiger charge is 2.13. The average Bonchev–Trinajstić information content (AvgIpc) is 2.83. The second kappa shape index (κ2) is 7.82. The van der Waals surface area contributed by atoms with E-state index in [1.165, 1.54) is 17.4 Å². The predicted octanol–water partition coefficient (Wildman–Crippen LogP) is 2.93. The summed E-state index contributed by atoms with van der Waals surface area (Å²) in [6, 6.07) is 7.13. The highest BCUT2D eigenvalue weighted by molar-refractivity contribution is 5.79. The Hall–Kier alpha value is -2.04. The maximum atomic E-state index is 12.1. The second-order valence-corrected chi connectivity index (χ2v) is 5.64. The molecule has 1 atom stereocenters. The van der Waals surface area contributed by atoms with Gasteiger partial charge in [-0.3, -0.25) is 9.36 Å². The summed E-state index contributed by atoms with van der Waals surface area (Å²) in [7, 11) is 0. The van der Waals surface area contributed by atoms with Crippen molar-refractivity contribution in [1.82, 2.24) is 9.88 Å². The minimum Gasteiger partial charge on any atom is -0.408 e. The van der Waals surface area contributed by atoms with Crippen LogP contribution in [0.1, 0.15) is 39.5 Å². The third-order valence-electron chi connectivity index (χ3n) is 4.01. The van der Waals surface area contributed by atoms with E-state index in [0.717, 1.165) is 12.8 Å². The first-order chi connectivity index (χ1) is 10.7. The highest BCUT2D eigenvalue weighted by atomic mass is 16.4. The smallest absolute Gasteiger partial charge is 0.408 e. The first kappa shape index (κ1) is 16.3. The summed E-state index contributed by atoms with van der Waals surface area (Å²) < 4.78 is 6.50. The van der Waals surface area contributed by atoms with Gasteiger partial charge < -0.3 is 9.73 Å². The number of rotatable bonds is 8. The number of fused-ring (bicyclic) bond motifs is 1. The van der Waals surface area contributed by atoms with Crippen molar-refractivity contribution in [1.29, 1.82) is 0 Å². The normalized spacial score (nSPS) is 12.5. The van der Waals surface area contributed by atoms with E-state index in [-0.39, 0.29) is 12.5 Å². The molecule has 0 saturated heterocycles. The zero-order valence-electron chi connectivity index (χ0n) is 13.3. The Labute approximate surface area is 130 Å². The molecule has 2 rings (SSSR count). The van der Waals surface area contributed by atoms with Crippen LogP contribution in [-0.4, -0.2) is 17.0 Å². The predicted molar refractivity (Wildman–Crippen MR) is 86.8 cm³/mol. The van der Waals surface area contributed by atoms with Crippen molar-refractivity contribution in [2.75, 3.05) is 6.54 Å². The standard InChI is InChI=1S/C17H24N2O3/c1-3-5-8-13(4-2)11-18-16(20)12-19-14-9-6-7-10-15(14)22-17(19)21/h6-7,9-10,13H,3-5,8,11-12H2,1-2H3,(H,18,20). The number of oxazole rings is 1. The lowest BCUT2D eigenvalue weighted by molar-refractivity contribution is -0.121. The Morgan fingerprint density at radius 1 is 1.32 bits per heavy atom. The van der Waals surface area contributed by atoms with Crippen LogP contribution in [0, 0.1) is 5.92 Å². The van der Waals surface area contributed by atoms with E-state index in [1.54, 1.807) is 18.2 Å². The van der Waals surface area contributed by atoms with Gasteiger partial charge in [0.25, 0.3) is 0 Å². The van der Waals surface area contributed by atoms with Crippen molar-refractivity contribution in [3.63, 3.8) is 0 Å². The molecule has 0 aliphatic rings. The number of nitrogens with one attached hydrogen (secondary N) is 1. The van der Waals surface area contributed by atoms with Crippen molar-refractivity contribution < 1.29 is 9.21 Å². The van der Waals surface area contributed by atoms with Gasteiger partial charge in [0.15, 0.2) is 5.58 Å². The van der Waals surface area contributed by atoms with Gasteiger partial charge >= 0.3 is 5.76 Å². The summed E-state index contributed by atoms with van der Waals surface area (Å²) in [6.07, 6.45) is 4.53. The fourth-order valence-electron chi connectivity index (χ4n) is 2.56. The highest BCUT2D eigenvalue weighted by Crippen LogP contribution is 2.12. The largest absolute Gasteiger partial charge is 0.420 e. The lowest BCUT2D eigenvalue weighted by Crippen LogP contribution is -2.34. The van der Waals surface area contributed by atoms with E-state index in [4.69, 9.17) is 4.42 Å². The molecule has 1 unspecified atom stereocenters. The van der Waals surface area contributed by atoms with Gasteiger partial charge in [0.05, 0.1) is 5.52 Å². The number of carbonyl (C=O) groups is 1. The number of para-hydroxylation sites is 2. The average molecular weight is 304 g/mol. The number of hydrogen-bond donors (Lipinski definition) is 1. The summed E-state index contributed by atoms with van der Waals surface area (Å²) in [4.78, 5) is 23.9. The molecule has 0 spiro atoms. The molecule has 0 aliphatic carbocycles. The Morgan fingerprint density at radius 2 is 2.09 bits per heavy atom. The van der Waals surface area contributed by atoms with Crippen LogP contribution in [0.4, 0.5) is 0 Å². The Kier molecular flexibility index (Phi) is 5.81. The fraction of sp³-hybridized carbons (Fsp3) is 0.529. The quantitative estimate of drug-likeness (QED) is 0.815.